The first kappa shape index (κ1) is 10.8. The summed E-state index contributed by atoms with van der Waals surface area (Å²) in [6, 6.07) is 16.1. The molecular formula is C15H14N2O. The molecule has 0 saturated heterocycles. The van der Waals surface area contributed by atoms with E-state index in [0.717, 1.165) is 29.4 Å². The molecule has 3 heteroatoms. The first-order chi connectivity index (χ1) is 8.85. The van der Waals surface area contributed by atoms with Gasteiger partial charge in [0.1, 0.15) is 11.6 Å². The van der Waals surface area contributed by atoms with Gasteiger partial charge in [0.15, 0.2) is 0 Å². The van der Waals surface area contributed by atoms with Gasteiger partial charge < -0.3 is 10.1 Å². The van der Waals surface area contributed by atoms with Crippen molar-refractivity contribution in [2.75, 3.05) is 12.4 Å². The number of rotatable bonds is 2. The van der Waals surface area contributed by atoms with Crippen LogP contribution in [-0.2, 0) is 6.42 Å². The molecule has 0 fully saturated rings. The number of hydrogen-bond acceptors (Lipinski definition) is 3. The van der Waals surface area contributed by atoms with Crippen LogP contribution >= 0.6 is 0 Å². The van der Waals surface area contributed by atoms with Crippen molar-refractivity contribution in [1.82, 2.24) is 0 Å². The predicted octanol–water partition coefficient (Wildman–Crippen LogP) is 3.39. The smallest absolute Gasteiger partial charge is 0.119 e. The number of nitrogens with one attached hydrogen (secondary N) is 1. The zero-order valence-corrected chi connectivity index (χ0v) is 10.2. The summed E-state index contributed by atoms with van der Waals surface area (Å²) < 4.78 is 5.13. The molecule has 0 radical (unpaired) electrons. The number of hydrogen-bond donors (Lipinski definition) is 1. The largest absolute Gasteiger partial charge is 0.497 e. The van der Waals surface area contributed by atoms with Crippen LogP contribution in [0, 0.1) is 0 Å². The van der Waals surface area contributed by atoms with Gasteiger partial charge in [0.25, 0.3) is 0 Å². The maximum Gasteiger partial charge on any atom is 0.119 e. The minimum Gasteiger partial charge on any atom is -0.497 e. The molecule has 0 aromatic heterocycles. The molecule has 0 bridgehead atoms. The molecular weight excluding hydrogens is 224 g/mol. The van der Waals surface area contributed by atoms with E-state index in [1.165, 1.54) is 5.56 Å². The zero-order valence-electron chi connectivity index (χ0n) is 10.2. The van der Waals surface area contributed by atoms with Crippen molar-refractivity contribution in [2.45, 2.75) is 6.42 Å². The van der Waals surface area contributed by atoms with Crippen LogP contribution < -0.4 is 10.1 Å². The highest BCUT2D eigenvalue weighted by molar-refractivity contribution is 6.01. The molecule has 2 aromatic rings. The minimum atomic E-state index is 0.859. The molecule has 2 aromatic carbocycles. The molecule has 1 N–H and O–H groups in total. The van der Waals surface area contributed by atoms with Crippen molar-refractivity contribution in [1.29, 1.82) is 0 Å². The third kappa shape index (κ3) is 2.07. The maximum absolute atomic E-state index is 5.13. The van der Waals surface area contributed by atoms with Gasteiger partial charge >= 0.3 is 0 Å². The lowest BCUT2D eigenvalue weighted by Gasteiger charge is -2.06. The van der Waals surface area contributed by atoms with Gasteiger partial charge in [-0.25, -0.2) is 4.99 Å². The van der Waals surface area contributed by atoms with E-state index in [1.54, 1.807) is 7.11 Å². The summed E-state index contributed by atoms with van der Waals surface area (Å²) in [5.74, 6) is 1.85. The van der Waals surface area contributed by atoms with Crippen molar-refractivity contribution in [2.24, 2.45) is 4.99 Å². The number of nitrogens with zero attached hydrogens (tertiary/aromatic N) is 1. The van der Waals surface area contributed by atoms with E-state index < -0.39 is 0 Å². The first-order valence-corrected chi connectivity index (χ1v) is 5.92. The van der Waals surface area contributed by atoms with Gasteiger partial charge in [-0.2, -0.15) is 0 Å². The third-order valence-corrected chi connectivity index (χ3v) is 2.98. The summed E-state index contributed by atoms with van der Waals surface area (Å²) in [5.41, 5.74) is 3.37. The van der Waals surface area contributed by atoms with Crippen LogP contribution in [0.15, 0.2) is 53.5 Å². The second-order valence-corrected chi connectivity index (χ2v) is 4.22. The predicted molar refractivity (Wildman–Crippen MR) is 73.9 cm³/mol. The van der Waals surface area contributed by atoms with Crippen molar-refractivity contribution in [3.8, 4) is 5.75 Å². The number of methoxy groups -OCH3 is 1. The minimum absolute atomic E-state index is 0.859. The molecule has 3 rings (SSSR count). The molecule has 0 spiro atoms. The zero-order chi connectivity index (χ0) is 12.4. The van der Waals surface area contributed by atoms with Gasteiger partial charge in [-0.1, -0.05) is 18.2 Å². The Labute approximate surface area is 106 Å². The van der Waals surface area contributed by atoms with E-state index in [9.17, 15) is 0 Å². The Balaban J connectivity index is 1.75. The molecule has 1 heterocycles. The van der Waals surface area contributed by atoms with E-state index in [2.05, 4.69) is 16.4 Å². The second kappa shape index (κ2) is 4.53. The highest BCUT2D eigenvalue weighted by atomic mass is 16.5. The number of fused-ring (bicyclic) bond motifs is 1. The Morgan fingerprint density at radius 1 is 1.06 bits per heavy atom. The summed E-state index contributed by atoms with van der Waals surface area (Å²) in [5, 5.41) is 3.33. The Hall–Kier alpha value is -2.29. The lowest BCUT2D eigenvalue weighted by molar-refractivity contribution is 0.415. The van der Waals surface area contributed by atoms with E-state index in [4.69, 9.17) is 4.74 Å². The topological polar surface area (TPSA) is 33.6 Å². The Morgan fingerprint density at radius 3 is 2.56 bits per heavy atom. The molecule has 0 atom stereocenters. The lowest BCUT2D eigenvalue weighted by atomic mass is 10.1. The van der Waals surface area contributed by atoms with Gasteiger partial charge in [0.05, 0.1) is 12.8 Å². The van der Waals surface area contributed by atoms with Crippen molar-refractivity contribution in [3.63, 3.8) is 0 Å². The Bertz CT molecular complexity index is 588. The van der Waals surface area contributed by atoms with E-state index in [0.29, 0.717) is 0 Å². The average Bonchev–Trinajstić information content (AvgIpc) is 2.82. The summed E-state index contributed by atoms with van der Waals surface area (Å²) in [6.45, 7) is 0. The van der Waals surface area contributed by atoms with Gasteiger partial charge in [0.2, 0.25) is 0 Å². The van der Waals surface area contributed by atoms with Gasteiger partial charge in [-0.15, -0.1) is 0 Å². The number of anilines is 1. The fourth-order valence-electron chi connectivity index (χ4n) is 2.05. The highest BCUT2D eigenvalue weighted by Crippen LogP contribution is 2.26. The van der Waals surface area contributed by atoms with Crippen LogP contribution in [0.4, 0.5) is 11.4 Å². The first-order valence-electron chi connectivity index (χ1n) is 5.92. The summed E-state index contributed by atoms with van der Waals surface area (Å²) >= 11 is 0. The van der Waals surface area contributed by atoms with Crippen LogP contribution in [0.1, 0.15) is 5.56 Å². The summed E-state index contributed by atoms with van der Waals surface area (Å²) in [7, 11) is 1.67. The van der Waals surface area contributed by atoms with E-state index >= 15 is 0 Å². The molecule has 3 nitrogen and oxygen atoms in total. The fraction of sp³-hybridized carbons (Fsp3) is 0.133. The Morgan fingerprint density at radius 2 is 1.83 bits per heavy atom. The number of aliphatic imine (C=N–C) groups is 1. The molecule has 18 heavy (non-hydrogen) atoms. The number of amidine groups is 1. The molecule has 1 aliphatic rings. The average molecular weight is 238 g/mol. The van der Waals surface area contributed by atoms with Crippen molar-refractivity contribution >= 4 is 17.2 Å². The number of ether oxygens (including phenoxy) is 1. The fourth-order valence-corrected chi connectivity index (χ4v) is 2.05. The van der Waals surface area contributed by atoms with Crippen LogP contribution in [0.3, 0.4) is 0 Å². The Kier molecular flexibility index (Phi) is 2.73. The molecule has 90 valence electrons. The highest BCUT2D eigenvalue weighted by Gasteiger charge is 2.13. The van der Waals surface area contributed by atoms with Crippen LogP contribution in [0.25, 0.3) is 0 Å². The standard InChI is InChI=1S/C15H14N2O/c1-18-13-8-6-12(7-9-13)16-15-10-11-4-2-3-5-14(11)17-15/h2-9H,10H2,1H3,(H,16,17). The van der Waals surface area contributed by atoms with Crippen LogP contribution in [0.5, 0.6) is 5.75 Å². The van der Waals surface area contributed by atoms with Crippen molar-refractivity contribution in [3.05, 3.63) is 54.1 Å². The quantitative estimate of drug-likeness (QED) is 0.870. The van der Waals surface area contributed by atoms with Gasteiger partial charge in [-0.3, -0.25) is 0 Å². The monoisotopic (exact) mass is 238 g/mol. The van der Waals surface area contributed by atoms with E-state index in [-0.39, 0.29) is 0 Å². The number of benzene rings is 2. The normalized spacial score (nSPS) is 12.8. The molecule has 0 saturated carbocycles. The van der Waals surface area contributed by atoms with Crippen molar-refractivity contribution < 1.29 is 4.74 Å². The van der Waals surface area contributed by atoms with Crippen LogP contribution in [-0.4, -0.2) is 12.9 Å². The second-order valence-electron chi connectivity index (χ2n) is 4.22. The summed E-state index contributed by atoms with van der Waals surface area (Å²) in [4.78, 5) is 4.56. The van der Waals surface area contributed by atoms with Crippen LogP contribution in [0.2, 0.25) is 0 Å². The molecule has 0 unspecified atom stereocenters. The maximum atomic E-state index is 5.13. The van der Waals surface area contributed by atoms with Gasteiger partial charge in [0, 0.05) is 12.1 Å². The lowest BCUT2D eigenvalue weighted by Crippen LogP contribution is -2.11. The SMILES string of the molecule is COc1ccc(NC2=Nc3ccccc3C2)cc1. The van der Waals surface area contributed by atoms with Gasteiger partial charge in [-0.05, 0) is 35.9 Å². The summed E-state index contributed by atoms with van der Waals surface area (Å²) in [6.07, 6.45) is 0.863. The molecule has 0 amide bonds. The molecule has 1 aliphatic heterocycles. The number of para-hydroxylation sites is 1. The molecule has 0 aliphatic carbocycles. The van der Waals surface area contributed by atoms with E-state index in [1.807, 2.05) is 42.5 Å². The third-order valence-electron chi connectivity index (χ3n) is 2.98.